The smallest absolute Gasteiger partial charge is 0.328 e. The predicted molar refractivity (Wildman–Crippen MR) is 96.3 cm³/mol. The SMILES string of the molecule is Cc1oc(/C=C/C(=O)O)cc1COc1ccc(-c2ccccc2)cc1. The van der Waals surface area contributed by atoms with Crippen molar-refractivity contribution < 1.29 is 19.1 Å². The van der Waals surface area contributed by atoms with Gasteiger partial charge in [-0.3, -0.25) is 0 Å². The second-order valence-corrected chi connectivity index (χ2v) is 5.58. The summed E-state index contributed by atoms with van der Waals surface area (Å²) in [5, 5.41) is 8.65. The first kappa shape index (κ1) is 16.6. The first-order valence-electron chi connectivity index (χ1n) is 7.90. The zero-order valence-corrected chi connectivity index (χ0v) is 13.8. The molecule has 3 aromatic rings. The zero-order valence-electron chi connectivity index (χ0n) is 13.8. The number of carboxylic acid groups (broad SMARTS) is 1. The fraction of sp³-hybridized carbons (Fsp3) is 0.0952. The van der Waals surface area contributed by atoms with Gasteiger partial charge in [-0.05, 0) is 42.3 Å². The molecule has 2 aromatic carbocycles. The van der Waals surface area contributed by atoms with Crippen LogP contribution in [0.15, 0.2) is 71.2 Å². The molecule has 25 heavy (non-hydrogen) atoms. The second kappa shape index (κ2) is 7.53. The molecule has 4 heteroatoms. The first-order chi connectivity index (χ1) is 12.1. The van der Waals surface area contributed by atoms with Gasteiger partial charge < -0.3 is 14.3 Å². The summed E-state index contributed by atoms with van der Waals surface area (Å²) in [6, 6.07) is 19.8. The maximum Gasteiger partial charge on any atom is 0.328 e. The Labute approximate surface area is 146 Å². The number of furan rings is 1. The highest BCUT2D eigenvalue weighted by molar-refractivity contribution is 5.84. The molecule has 1 N–H and O–H groups in total. The van der Waals surface area contributed by atoms with E-state index in [1.54, 1.807) is 6.07 Å². The third kappa shape index (κ3) is 4.38. The fourth-order valence-electron chi connectivity index (χ4n) is 2.46. The Morgan fingerprint density at radius 1 is 1.08 bits per heavy atom. The molecule has 0 aliphatic carbocycles. The van der Waals surface area contributed by atoms with E-state index in [2.05, 4.69) is 12.1 Å². The van der Waals surface area contributed by atoms with Crippen molar-refractivity contribution in [2.45, 2.75) is 13.5 Å². The van der Waals surface area contributed by atoms with Crippen molar-refractivity contribution in [1.29, 1.82) is 0 Å². The molecule has 0 bridgehead atoms. The van der Waals surface area contributed by atoms with E-state index in [-0.39, 0.29) is 0 Å². The summed E-state index contributed by atoms with van der Waals surface area (Å²) in [7, 11) is 0. The minimum absolute atomic E-state index is 0.362. The van der Waals surface area contributed by atoms with Crippen LogP contribution in [0.1, 0.15) is 17.1 Å². The maximum atomic E-state index is 10.6. The number of carbonyl (C=O) groups is 1. The lowest BCUT2D eigenvalue weighted by atomic mass is 10.1. The summed E-state index contributed by atoms with van der Waals surface area (Å²) >= 11 is 0. The summed E-state index contributed by atoms with van der Waals surface area (Å²) in [4.78, 5) is 10.6. The summed E-state index contributed by atoms with van der Waals surface area (Å²) in [6.07, 6.45) is 2.47. The molecule has 0 unspecified atom stereocenters. The molecule has 3 rings (SSSR count). The van der Waals surface area contributed by atoms with Gasteiger partial charge in [0, 0.05) is 11.6 Å². The molecule has 0 amide bonds. The zero-order chi connectivity index (χ0) is 17.6. The molecule has 0 radical (unpaired) electrons. The fourth-order valence-corrected chi connectivity index (χ4v) is 2.46. The number of carboxylic acids is 1. The molecule has 126 valence electrons. The Morgan fingerprint density at radius 2 is 1.76 bits per heavy atom. The van der Waals surface area contributed by atoms with Crippen LogP contribution in [0.3, 0.4) is 0 Å². The lowest BCUT2D eigenvalue weighted by molar-refractivity contribution is -0.131. The number of benzene rings is 2. The average molecular weight is 334 g/mol. The molecule has 0 aliphatic rings. The van der Waals surface area contributed by atoms with Gasteiger partial charge in [-0.15, -0.1) is 0 Å². The highest BCUT2D eigenvalue weighted by Gasteiger charge is 2.07. The molecule has 4 nitrogen and oxygen atoms in total. The van der Waals surface area contributed by atoms with Gasteiger partial charge in [-0.1, -0.05) is 42.5 Å². The van der Waals surface area contributed by atoms with Crippen LogP contribution in [0.25, 0.3) is 17.2 Å². The predicted octanol–water partition coefficient (Wildman–Crippen LogP) is 4.93. The van der Waals surface area contributed by atoms with Gasteiger partial charge >= 0.3 is 5.97 Å². The van der Waals surface area contributed by atoms with E-state index >= 15 is 0 Å². The van der Waals surface area contributed by atoms with Crippen molar-refractivity contribution >= 4 is 12.0 Å². The summed E-state index contributed by atoms with van der Waals surface area (Å²) in [5.41, 5.74) is 3.18. The van der Waals surface area contributed by atoms with E-state index in [1.165, 1.54) is 6.08 Å². The highest BCUT2D eigenvalue weighted by atomic mass is 16.5. The van der Waals surface area contributed by atoms with E-state index in [0.717, 1.165) is 28.5 Å². The van der Waals surface area contributed by atoms with Crippen molar-refractivity contribution in [2.75, 3.05) is 0 Å². The van der Waals surface area contributed by atoms with Crippen molar-refractivity contribution in [3.8, 4) is 16.9 Å². The molecule has 1 aromatic heterocycles. The molecular weight excluding hydrogens is 316 g/mol. The Kier molecular flexibility index (Phi) is 5.00. The topological polar surface area (TPSA) is 59.7 Å². The van der Waals surface area contributed by atoms with Crippen LogP contribution >= 0.6 is 0 Å². The van der Waals surface area contributed by atoms with Gasteiger partial charge in [0.2, 0.25) is 0 Å². The highest BCUT2D eigenvalue weighted by Crippen LogP contribution is 2.23. The van der Waals surface area contributed by atoms with E-state index in [1.807, 2.05) is 49.4 Å². The Bertz CT molecular complexity index is 874. The second-order valence-electron chi connectivity index (χ2n) is 5.58. The van der Waals surface area contributed by atoms with Crippen molar-refractivity contribution in [3.63, 3.8) is 0 Å². The van der Waals surface area contributed by atoms with Crippen LogP contribution in [0.4, 0.5) is 0 Å². The minimum Gasteiger partial charge on any atom is -0.489 e. The number of aliphatic carboxylic acids is 1. The van der Waals surface area contributed by atoms with Gasteiger partial charge in [0.05, 0.1) is 0 Å². The van der Waals surface area contributed by atoms with Crippen molar-refractivity contribution in [1.82, 2.24) is 0 Å². The van der Waals surface area contributed by atoms with Crippen LogP contribution in [0, 0.1) is 6.92 Å². The van der Waals surface area contributed by atoms with Crippen LogP contribution < -0.4 is 4.74 Å². The Morgan fingerprint density at radius 3 is 2.44 bits per heavy atom. The van der Waals surface area contributed by atoms with Crippen molar-refractivity contribution in [3.05, 3.63) is 83.8 Å². The molecule has 0 fully saturated rings. The summed E-state index contributed by atoms with van der Waals surface area (Å²) in [6.45, 7) is 2.19. The number of aryl methyl sites for hydroxylation is 1. The largest absolute Gasteiger partial charge is 0.489 e. The number of ether oxygens (including phenoxy) is 1. The molecule has 1 heterocycles. The van der Waals surface area contributed by atoms with Crippen LogP contribution in [0.2, 0.25) is 0 Å². The quantitative estimate of drug-likeness (QED) is 0.649. The van der Waals surface area contributed by atoms with Crippen molar-refractivity contribution in [2.24, 2.45) is 0 Å². The average Bonchev–Trinajstić information content (AvgIpc) is 2.99. The lowest BCUT2D eigenvalue weighted by Gasteiger charge is -2.07. The van der Waals surface area contributed by atoms with Crippen LogP contribution in [0.5, 0.6) is 5.75 Å². The number of hydrogen-bond donors (Lipinski definition) is 1. The third-order valence-electron chi connectivity index (χ3n) is 3.79. The molecule has 0 saturated heterocycles. The standard InChI is InChI=1S/C21H18O4/c1-15-18(13-20(25-15)11-12-21(22)23)14-24-19-9-7-17(8-10-19)16-5-3-2-4-6-16/h2-13H,14H2,1H3,(H,22,23)/b12-11+. The third-order valence-corrected chi connectivity index (χ3v) is 3.79. The lowest BCUT2D eigenvalue weighted by Crippen LogP contribution is -1.95. The summed E-state index contributed by atoms with van der Waals surface area (Å²) < 4.78 is 11.3. The van der Waals surface area contributed by atoms with E-state index in [9.17, 15) is 4.79 Å². The van der Waals surface area contributed by atoms with Gasteiger partial charge in [0.25, 0.3) is 0 Å². The normalized spacial score (nSPS) is 10.9. The molecular formula is C21H18O4. The number of hydrogen-bond acceptors (Lipinski definition) is 3. The van der Waals surface area contributed by atoms with Crippen LogP contribution in [-0.2, 0) is 11.4 Å². The maximum absolute atomic E-state index is 10.6. The molecule has 0 saturated carbocycles. The molecule has 0 aliphatic heterocycles. The first-order valence-corrected chi connectivity index (χ1v) is 7.90. The molecule has 0 atom stereocenters. The van der Waals surface area contributed by atoms with Crippen LogP contribution in [-0.4, -0.2) is 11.1 Å². The monoisotopic (exact) mass is 334 g/mol. The van der Waals surface area contributed by atoms with Gasteiger partial charge in [0.15, 0.2) is 0 Å². The van der Waals surface area contributed by atoms with E-state index < -0.39 is 5.97 Å². The van der Waals surface area contributed by atoms with E-state index in [4.69, 9.17) is 14.3 Å². The minimum atomic E-state index is -1.01. The van der Waals surface area contributed by atoms with E-state index in [0.29, 0.717) is 18.1 Å². The molecule has 0 spiro atoms. The van der Waals surface area contributed by atoms with Gasteiger partial charge in [-0.2, -0.15) is 0 Å². The number of rotatable bonds is 6. The Hall–Kier alpha value is -3.27. The van der Waals surface area contributed by atoms with Gasteiger partial charge in [0.1, 0.15) is 23.9 Å². The Balaban J connectivity index is 1.65. The summed E-state index contributed by atoms with van der Waals surface area (Å²) in [5.74, 6) is 0.970. The van der Waals surface area contributed by atoms with Gasteiger partial charge in [-0.25, -0.2) is 4.79 Å².